The number of aromatic nitrogens is 1. The van der Waals surface area contributed by atoms with Crippen molar-refractivity contribution in [1.82, 2.24) is 25.0 Å². The molecule has 6 heterocycles. The fourth-order valence-electron chi connectivity index (χ4n) is 8.86. The highest BCUT2D eigenvalue weighted by Gasteiger charge is 2.59. The second-order valence-electron chi connectivity index (χ2n) is 14.5. The van der Waals surface area contributed by atoms with E-state index in [1.54, 1.807) is 33.1 Å². The van der Waals surface area contributed by atoms with Crippen molar-refractivity contribution < 1.29 is 41.2 Å². The maximum Gasteiger partial charge on any atom is 0.416 e. The second-order valence-corrected chi connectivity index (χ2v) is 14.5. The molecule has 0 spiro atoms. The molecular formula is C41H40F3N5O6. The maximum atomic E-state index is 14.9. The van der Waals surface area contributed by atoms with Crippen LogP contribution in [0.3, 0.4) is 0 Å². The quantitative estimate of drug-likeness (QED) is 0.190. The molecule has 14 heteroatoms. The van der Waals surface area contributed by atoms with E-state index >= 15 is 0 Å². The van der Waals surface area contributed by atoms with Gasteiger partial charge in [0.15, 0.2) is 5.76 Å². The van der Waals surface area contributed by atoms with Gasteiger partial charge >= 0.3 is 6.18 Å². The van der Waals surface area contributed by atoms with Gasteiger partial charge in [0.05, 0.1) is 29.5 Å². The Balaban J connectivity index is 1.09. The van der Waals surface area contributed by atoms with Crippen LogP contribution in [-0.2, 0) is 39.1 Å². The van der Waals surface area contributed by atoms with Crippen molar-refractivity contribution in [3.05, 3.63) is 107 Å². The molecular weight excluding hydrogens is 715 g/mol. The smallest absolute Gasteiger partial charge is 0.416 e. The number of carbonyl (C=O) groups excluding carboxylic acids is 4. The number of furan rings is 2. The summed E-state index contributed by atoms with van der Waals surface area (Å²) >= 11 is 0. The molecule has 286 valence electrons. The lowest BCUT2D eigenvalue weighted by Gasteiger charge is -2.56. The first-order chi connectivity index (χ1) is 26.5. The summed E-state index contributed by atoms with van der Waals surface area (Å²) < 4.78 is 50.9. The van der Waals surface area contributed by atoms with Crippen molar-refractivity contribution in [3.8, 4) is 11.3 Å². The lowest BCUT2D eigenvalue weighted by molar-refractivity contribution is -0.167. The molecule has 0 saturated carbocycles. The molecule has 0 bridgehead atoms. The summed E-state index contributed by atoms with van der Waals surface area (Å²) in [6, 6.07) is 17.7. The van der Waals surface area contributed by atoms with Gasteiger partial charge in [-0.3, -0.25) is 19.2 Å². The lowest BCUT2D eigenvalue weighted by atomic mass is 9.65. The van der Waals surface area contributed by atoms with Crippen molar-refractivity contribution >= 4 is 34.5 Å². The van der Waals surface area contributed by atoms with Crippen LogP contribution in [0.2, 0.25) is 0 Å². The lowest BCUT2D eigenvalue weighted by Crippen LogP contribution is -2.66. The summed E-state index contributed by atoms with van der Waals surface area (Å²) in [5.41, 5.74) is 1.99. The molecule has 3 atom stereocenters. The third-order valence-electron chi connectivity index (χ3n) is 11.5. The Bertz CT molecular complexity index is 2240. The number of fused-ring (bicyclic) bond motifs is 5. The number of hydrogen-bond donors (Lipinski definition) is 2. The first-order valence-corrected chi connectivity index (χ1v) is 18.5. The number of H-pyrrole nitrogens is 1. The van der Waals surface area contributed by atoms with Crippen molar-refractivity contribution in [3.63, 3.8) is 0 Å². The molecule has 0 aliphatic carbocycles. The van der Waals surface area contributed by atoms with E-state index in [1.807, 2.05) is 37.3 Å². The predicted octanol–water partition coefficient (Wildman–Crippen LogP) is 6.36. The average molecular weight is 756 g/mol. The molecule has 11 nitrogen and oxygen atoms in total. The number of rotatable bonds is 8. The van der Waals surface area contributed by atoms with Crippen LogP contribution in [0, 0.1) is 11.8 Å². The largest absolute Gasteiger partial charge is 0.464 e. The Morgan fingerprint density at radius 1 is 0.927 bits per heavy atom. The average Bonchev–Trinajstić information content (AvgIpc) is 4.00. The minimum atomic E-state index is -4.52. The summed E-state index contributed by atoms with van der Waals surface area (Å²) in [5, 5.41) is 3.69. The van der Waals surface area contributed by atoms with Gasteiger partial charge in [-0.15, -0.1) is 0 Å². The SMILES string of the molecule is CC[C@]12c3[nH]c4cc(-c5ccco5)ccc4c3CCN1C(=O)[C@@H](CC(=O)NCc1cccc(C(F)(F)F)c1)C[C@@H]2C(=O)N1CCN(C(=O)c2ccco2)CC1. The predicted molar refractivity (Wildman–Crippen MR) is 194 cm³/mol. The third-order valence-corrected chi connectivity index (χ3v) is 11.5. The van der Waals surface area contributed by atoms with Crippen LogP contribution in [0.4, 0.5) is 13.2 Å². The minimum absolute atomic E-state index is 0.0942. The zero-order chi connectivity index (χ0) is 38.5. The van der Waals surface area contributed by atoms with Crippen molar-refractivity contribution in [2.75, 3.05) is 32.7 Å². The number of piperazine rings is 1. The van der Waals surface area contributed by atoms with E-state index in [0.717, 1.165) is 39.9 Å². The minimum Gasteiger partial charge on any atom is -0.464 e. The van der Waals surface area contributed by atoms with Gasteiger partial charge < -0.3 is 33.8 Å². The molecule has 8 rings (SSSR count). The molecule has 2 N–H and O–H groups in total. The number of aromatic amines is 1. The Labute approximate surface area is 314 Å². The Kier molecular flexibility index (Phi) is 9.30. The first-order valence-electron chi connectivity index (χ1n) is 18.5. The summed E-state index contributed by atoms with van der Waals surface area (Å²) in [7, 11) is 0. The Hall–Kier alpha value is -5.79. The standard InChI is InChI=1S/C41H40F3N5O6/c1-2-40-31(38(52)47-14-16-48(17-15-47)39(53)34-9-5-19-55-34)21-27(23-35(50)45-24-25-6-3-7-28(20-25)41(42,43)44)37(51)49(40)13-12-30-29-11-10-26(33-8-4-18-54-33)22-32(29)46-36(30)40/h3-11,18-20,22,27,31,46H,2,12-17,21,23-24H2,1H3,(H,45,50)/t27-,31-,40+/m1/s1. The number of piperidine rings is 1. The van der Waals surface area contributed by atoms with E-state index in [9.17, 15) is 32.3 Å². The van der Waals surface area contributed by atoms with Gasteiger partial charge in [-0.05, 0) is 72.9 Å². The molecule has 55 heavy (non-hydrogen) atoms. The zero-order valence-electron chi connectivity index (χ0n) is 30.2. The fourth-order valence-corrected chi connectivity index (χ4v) is 8.86. The summed E-state index contributed by atoms with van der Waals surface area (Å²) in [6.45, 7) is 3.33. The molecule has 3 aliphatic rings. The number of benzene rings is 2. The van der Waals surface area contributed by atoms with Crippen LogP contribution in [0.15, 0.2) is 88.1 Å². The van der Waals surface area contributed by atoms with E-state index < -0.39 is 35.0 Å². The molecule has 5 aromatic rings. The molecule has 4 amide bonds. The number of halogens is 3. The number of carbonyl (C=O) groups is 4. The van der Waals surface area contributed by atoms with Gasteiger partial charge in [-0.25, -0.2) is 0 Å². The van der Waals surface area contributed by atoms with Crippen LogP contribution in [0.5, 0.6) is 0 Å². The van der Waals surface area contributed by atoms with Gasteiger partial charge in [0, 0.05) is 73.8 Å². The molecule has 2 fully saturated rings. The van der Waals surface area contributed by atoms with Crippen molar-refractivity contribution in [2.45, 2.75) is 50.9 Å². The van der Waals surface area contributed by atoms with Crippen molar-refractivity contribution in [2.24, 2.45) is 11.8 Å². The highest BCUT2D eigenvalue weighted by Crippen LogP contribution is 2.52. The summed E-state index contributed by atoms with van der Waals surface area (Å²) in [4.78, 5) is 64.7. The first kappa shape index (κ1) is 36.2. The third kappa shape index (κ3) is 6.46. The molecule has 2 saturated heterocycles. The molecule has 3 aromatic heterocycles. The highest BCUT2D eigenvalue weighted by molar-refractivity contribution is 5.94. The van der Waals surface area contributed by atoms with Gasteiger partial charge in [0.25, 0.3) is 5.91 Å². The number of amides is 4. The van der Waals surface area contributed by atoms with Crippen LogP contribution < -0.4 is 5.32 Å². The second kappa shape index (κ2) is 14.1. The summed E-state index contributed by atoms with van der Waals surface area (Å²) in [5.74, 6) is -1.79. The van der Waals surface area contributed by atoms with E-state index in [2.05, 4.69) is 10.3 Å². The van der Waals surface area contributed by atoms with Gasteiger partial charge in [-0.1, -0.05) is 31.2 Å². The summed E-state index contributed by atoms with van der Waals surface area (Å²) in [6.07, 6.45) is -0.647. The maximum absolute atomic E-state index is 14.9. The topological polar surface area (TPSA) is 132 Å². The van der Waals surface area contributed by atoms with E-state index in [1.165, 1.54) is 18.4 Å². The zero-order valence-corrected chi connectivity index (χ0v) is 30.2. The van der Waals surface area contributed by atoms with Gasteiger partial charge in [0.1, 0.15) is 5.76 Å². The Morgan fingerprint density at radius 3 is 2.40 bits per heavy atom. The number of nitrogens with zero attached hydrogens (tertiary/aromatic N) is 3. The van der Waals surface area contributed by atoms with Crippen LogP contribution >= 0.6 is 0 Å². The Morgan fingerprint density at radius 2 is 1.69 bits per heavy atom. The van der Waals surface area contributed by atoms with Crippen LogP contribution in [-0.4, -0.2) is 76.0 Å². The highest BCUT2D eigenvalue weighted by atomic mass is 19.4. The molecule has 0 radical (unpaired) electrons. The molecule has 0 unspecified atom stereocenters. The normalized spacial score (nSPS) is 21.4. The van der Waals surface area contributed by atoms with Gasteiger partial charge in [-0.2, -0.15) is 13.2 Å². The fraction of sp³-hybridized carbons (Fsp3) is 0.366. The number of hydrogen-bond acceptors (Lipinski definition) is 6. The van der Waals surface area contributed by atoms with Crippen molar-refractivity contribution in [1.29, 1.82) is 0 Å². The van der Waals surface area contributed by atoms with Crippen LogP contribution in [0.25, 0.3) is 22.2 Å². The van der Waals surface area contributed by atoms with Gasteiger partial charge in [0.2, 0.25) is 17.7 Å². The number of nitrogens with one attached hydrogen (secondary N) is 2. The molecule has 2 aromatic carbocycles. The monoisotopic (exact) mass is 755 g/mol. The van der Waals surface area contributed by atoms with E-state index in [4.69, 9.17) is 8.83 Å². The van der Waals surface area contributed by atoms with Crippen LogP contribution in [0.1, 0.15) is 59.1 Å². The van der Waals surface area contributed by atoms with E-state index in [0.29, 0.717) is 38.2 Å². The van der Waals surface area contributed by atoms with E-state index in [-0.39, 0.29) is 61.5 Å². The molecule has 3 aliphatic heterocycles. The number of alkyl halides is 3.